The van der Waals surface area contributed by atoms with Crippen LogP contribution in [0, 0.1) is 0 Å². The van der Waals surface area contributed by atoms with E-state index in [1.54, 1.807) is 19.2 Å². The van der Waals surface area contributed by atoms with Crippen molar-refractivity contribution in [2.24, 2.45) is 5.10 Å². The van der Waals surface area contributed by atoms with E-state index in [2.05, 4.69) is 15.8 Å². The third-order valence-electron chi connectivity index (χ3n) is 3.23. The molecule has 2 N–H and O–H groups in total. The highest BCUT2D eigenvalue weighted by atomic mass is 16.5. The topological polar surface area (TPSA) is 89.0 Å². The summed E-state index contributed by atoms with van der Waals surface area (Å²) in [5.41, 5.74) is 2.88. The van der Waals surface area contributed by atoms with Gasteiger partial charge in [-0.25, -0.2) is 5.43 Å². The number of carbonyl (C=O) groups is 2. The van der Waals surface area contributed by atoms with E-state index >= 15 is 0 Å². The minimum atomic E-state index is -0.816. The van der Waals surface area contributed by atoms with Gasteiger partial charge in [-0.3, -0.25) is 9.59 Å². The molecule has 22 heavy (non-hydrogen) atoms. The Kier molecular flexibility index (Phi) is 5.91. The van der Waals surface area contributed by atoms with Crippen LogP contribution in [-0.2, 0) is 14.3 Å². The molecule has 1 atom stereocenters. The molecule has 7 heteroatoms. The molecular formula is C15H19N3O4. The lowest BCUT2D eigenvalue weighted by molar-refractivity contribution is -0.139. The van der Waals surface area contributed by atoms with Crippen LogP contribution in [0.1, 0.15) is 18.4 Å². The Morgan fingerprint density at radius 2 is 2.23 bits per heavy atom. The van der Waals surface area contributed by atoms with Crippen molar-refractivity contribution in [2.75, 3.05) is 20.3 Å². The van der Waals surface area contributed by atoms with Gasteiger partial charge in [-0.2, -0.15) is 5.10 Å². The molecule has 1 aromatic carbocycles. The van der Waals surface area contributed by atoms with Gasteiger partial charge in [0, 0.05) is 18.7 Å². The lowest BCUT2D eigenvalue weighted by Gasteiger charge is -2.09. The third-order valence-corrected chi connectivity index (χ3v) is 3.23. The zero-order chi connectivity index (χ0) is 15.8. The Bertz CT molecular complexity index is 553. The Morgan fingerprint density at radius 3 is 2.95 bits per heavy atom. The molecule has 7 nitrogen and oxygen atoms in total. The second kappa shape index (κ2) is 8.14. The van der Waals surface area contributed by atoms with E-state index < -0.39 is 11.8 Å². The molecule has 0 spiro atoms. The van der Waals surface area contributed by atoms with Gasteiger partial charge in [0.1, 0.15) is 5.75 Å². The number of nitrogens with one attached hydrogen (secondary N) is 2. The minimum absolute atomic E-state index is 0.00571. The van der Waals surface area contributed by atoms with Crippen molar-refractivity contribution in [1.82, 2.24) is 10.7 Å². The number of methoxy groups -OCH3 is 1. The molecule has 1 heterocycles. The number of ether oxygens (including phenoxy) is 2. The molecule has 0 saturated carbocycles. The first-order valence-electron chi connectivity index (χ1n) is 7.06. The highest BCUT2D eigenvalue weighted by Gasteiger charge is 2.18. The van der Waals surface area contributed by atoms with E-state index in [1.807, 2.05) is 12.1 Å². The molecule has 1 aromatic rings. The van der Waals surface area contributed by atoms with Crippen LogP contribution in [0.2, 0.25) is 0 Å². The van der Waals surface area contributed by atoms with Crippen LogP contribution < -0.4 is 15.5 Å². The van der Waals surface area contributed by atoms with Crippen molar-refractivity contribution in [2.45, 2.75) is 18.9 Å². The van der Waals surface area contributed by atoms with Crippen molar-refractivity contribution in [1.29, 1.82) is 0 Å². The van der Waals surface area contributed by atoms with Crippen LogP contribution in [0.15, 0.2) is 29.4 Å². The Morgan fingerprint density at radius 1 is 1.41 bits per heavy atom. The van der Waals surface area contributed by atoms with E-state index in [4.69, 9.17) is 9.47 Å². The summed E-state index contributed by atoms with van der Waals surface area (Å²) in [7, 11) is 1.55. The largest absolute Gasteiger partial charge is 0.496 e. The highest BCUT2D eigenvalue weighted by Crippen LogP contribution is 2.14. The van der Waals surface area contributed by atoms with Gasteiger partial charge in [0.15, 0.2) is 0 Å². The van der Waals surface area contributed by atoms with Crippen LogP contribution in [0.5, 0.6) is 5.75 Å². The predicted molar refractivity (Wildman–Crippen MR) is 80.7 cm³/mol. The molecule has 1 aliphatic rings. The molecule has 1 fully saturated rings. The molecule has 1 aliphatic heterocycles. The first-order valence-corrected chi connectivity index (χ1v) is 7.06. The number of hydrazone groups is 1. The van der Waals surface area contributed by atoms with Crippen LogP contribution in [0.25, 0.3) is 0 Å². The fraction of sp³-hybridized carbons (Fsp3) is 0.400. The maximum atomic E-state index is 11.6. The fourth-order valence-electron chi connectivity index (χ4n) is 2.08. The molecule has 0 radical (unpaired) electrons. The minimum Gasteiger partial charge on any atom is -0.496 e. The zero-order valence-electron chi connectivity index (χ0n) is 12.4. The maximum Gasteiger partial charge on any atom is 0.329 e. The Balaban J connectivity index is 1.78. The third kappa shape index (κ3) is 4.56. The molecule has 0 unspecified atom stereocenters. The molecule has 1 saturated heterocycles. The Hall–Kier alpha value is -2.41. The summed E-state index contributed by atoms with van der Waals surface area (Å²) in [5.74, 6) is -0.917. The van der Waals surface area contributed by atoms with Crippen LogP contribution in [-0.4, -0.2) is 44.4 Å². The van der Waals surface area contributed by atoms with Gasteiger partial charge >= 0.3 is 11.8 Å². The van der Waals surface area contributed by atoms with Gasteiger partial charge in [-0.1, -0.05) is 12.1 Å². The number of rotatable bonds is 5. The SMILES string of the molecule is COc1ccccc1/C=N\NC(=O)C(=O)NC[C@@H]1CCCO1. The molecule has 2 amide bonds. The molecule has 0 aliphatic carbocycles. The van der Waals surface area contributed by atoms with Crippen molar-refractivity contribution in [3.63, 3.8) is 0 Å². The van der Waals surface area contributed by atoms with E-state index in [0.717, 1.165) is 12.8 Å². The van der Waals surface area contributed by atoms with Crippen molar-refractivity contribution in [3.8, 4) is 5.75 Å². The molecular weight excluding hydrogens is 286 g/mol. The lowest BCUT2D eigenvalue weighted by Crippen LogP contribution is -2.41. The maximum absolute atomic E-state index is 11.6. The smallest absolute Gasteiger partial charge is 0.329 e. The predicted octanol–water partition coefficient (Wildman–Crippen LogP) is 0.440. The number of hydrogen-bond acceptors (Lipinski definition) is 5. The molecule has 118 valence electrons. The summed E-state index contributed by atoms with van der Waals surface area (Å²) in [5, 5.41) is 6.28. The van der Waals surface area contributed by atoms with E-state index in [1.165, 1.54) is 6.21 Å². The van der Waals surface area contributed by atoms with Crippen LogP contribution in [0.4, 0.5) is 0 Å². The van der Waals surface area contributed by atoms with Gasteiger partial charge in [0.25, 0.3) is 0 Å². The molecule has 0 bridgehead atoms. The van der Waals surface area contributed by atoms with Crippen molar-refractivity contribution >= 4 is 18.0 Å². The van der Waals surface area contributed by atoms with Gasteiger partial charge in [0.2, 0.25) is 0 Å². The second-order valence-electron chi connectivity index (χ2n) is 4.79. The second-order valence-corrected chi connectivity index (χ2v) is 4.79. The first-order chi connectivity index (χ1) is 10.7. The average Bonchev–Trinajstić information content (AvgIpc) is 3.06. The van der Waals surface area contributed by atoms with Gasteiger partial charge in [-0.05, 0) is 25.0 Å². The lowest BCUT2D eigenvalue weighted by atomic mass is 10.2. The number of hydrogen-bond donors (Lipinski definition) is 2. The van der Waals surface area contributed by atoms with E-state index in [0.29, 0.717) is 24.5 Å². The number of para-hydroxylation sites is 1. The fourth-order valence-corrected chi connectivity index (χ4v) is 2.08. The summed E-state index contributed by atoms with van der Waals surface area (Å²) in [6.07, 6.45) is 3.29. The number of nitrogens with zero attached hydrogens (tertiary/aromatic N) is 1. The quantitative estimate of drug-likeness (QED) is 0.469. The molecule has 0 aromatic heterocycles. The molecule has 2 rings (SSSR count). The number of amides is 2. The van der Waals surface area contributed by atoms with Crippen molar-refractivity contribution < 1.29 is 19.1 Å². The zero-order valence-corrected chi connectivity index (χ0v) is 12.4. The van der Waals surface area contributed by atoms with Crippen molar-refractivity contribution in [3.05, 3.63) is 29.8 Å². The summed E-state index contributed by atoms with van der Waals surface area (Å²) < 4.78 is 10.5. The summed E-state index contributed by atoms with van der Waals surface area (Å²) in [4.78, 5) is 23.2. The summed E-state index contributed by atoms with van der Waals surface area (Å²) in [6, 6.07) is 7.21. The van der Waals surface area contributed by atoms with Crippen LogP contribution in [0.3, 0.4) is 0 Å². The summed E-state index contributed by atoms with van der Waals surface area (Å²) >= 11 is 0. The van der Waals surface area contributed by atoms with Gasteiger partial charge in [-0.15, -0.1) is 0 Å². The van der Waals surface area contributed by atoms with E-state index in [9.17, 15) is 9.59 Å². The van der Waals surface area contributed by atoms with Crippen LogP contribution >= 0.6 is 0 Å². The normalized spacial score (nSPS) is 17.4. The standard InChI is InChI=1S/C15H19N3O4/c1-21-13-7-3-2-5-11(13)9-17-18-15(20)14(19)16-10-12-6-4-8-22-12/h2-3,5,7,9,12H,4,6,8,10H2,1H3,(H,16,19)(H,18,20)/b17-9-/t12-/m0/s1. The number of carbonyl (C=O) groups excluding carboxylic acids is 2. The highest BCUT2D eigenvalue weighted by molar-refractivity contribution is 6.35. The van der Waals surface area contributed by atoms with E-state index in [-0.39, 0.29) is 6.10 Å². The van der Waals surface area contributed by atoms with Gasteiger partial charge < -0.3 is 14.8 Å². The van der Waals surface area contributed by atoms with Gasteiger partial charge in [0.05, 0.1) is 19.4 Å². The summed E-state index contributed by atoms with van der Waals surface area (Å²) in [6.45, 7) is 1.04. The Labute approximate surface area is 128 Å². The number of benzene rings is 1. The monoisotopic (exact) mass is 305 g/mol. The average molecular weight is 305 g/mol. The first kappa shape index (κ1) is 16.0.